The van der Waals surface area contributed by atoms with Gasteiger partial charge in [-0.15, -0.1) is 5.10 Å². The number of hydrogen-bond donors (Lipinski definition) is 2. The minimum atomic E-state index is -0.664. The van der Waals surface area contributed by atoms with E-state index in [9.17, 15) is 4.79 Å². The van der Waals surface area contributed by atoms with Crippen molar-refractivity contribution in [1.82, 2.24) is 35.0 Å². The van der Waals surface area contributed by atoms with Gasteiger partial charge in [-0.25, -0.2) is 10.1 Å². The molecule has 10 heteroatoms. The summed E-state index contributed by atoms with van der Waals surface area (Å²) in [6.45, 7) is 10.1. The van der Waals surface area contributed by atoms with Crippen LogP contribution in [0.25, 0.3) is 33.3 Å². The lowest BCUT2D eigenvalue weighted by Gasteiger charge is -2.34. The Balaban J connectivity index is 1.47. The minimum Gasteiger partial charge on any atom is -0.375 e. The van der Waals surface area contributed by atoms with Gasteiger partial charge in [0.05, 0.1) is 41.3 Å². The number of aryl methyl sites for hydroxylation is 1. The van der Waals surface area contributed by atoms with E-state index in [0.29, 0.717) is 19.4 Å². The standard InChI is InChI=1S/C37H44N8O2/c1-6-43-33-15-14-26-20-28(33)29(35(43)27-12-8-16-39-34(27)23(2)47-5)21-37(3,4)45-22-32(40-42-45)31-13-9-17-44(41-31)36(46)30(38)19-24-10-7-11-25(26)18-24/h7-8,10-12,14-16,18,20,22-23,30-31,41H,6,9,13,17,19,21,38H2,1-5H3/t23-,30-,31-/m0/s1. The largest absolute Gasteiger partial charge is 0.375 e. The number of aromatic nitrogens is 5. The van der Waals surface area contributed by atoms with Crippen LogP contribution in [0.5, 0.6) is 0 Å². The Morgan fingerprint density at radius 1 is 1.13 bits per heavy atom. The molecule has 0 radical (unpaired) electrons. The van der Waals surface area contributed by atoms with Crippen LogP contribution in [0.3, 0.4) is 0 Å². The summed E-state index contributed by atoms with van der Waals surface area (Å²) in [5.41, 5.74) is 19.1. The molecule has 3 aromatic heterocycles. The Hall–Kier alpha value is -4.38. The number of benzene rings is 2. The molecule has 2 aliphatic rings. The molecule has 1 saturated heterocycles. The van der Waals surface area contributed by atoms with Crippen molar-refractivity contribution in [2.45, 2.75) is 83.6 Å². The third-order valence-corrected chi connectivity index (χ3v) is 9.90. The zero-order chi connectivity index (χ0) is 32.9. The Morgan fingerprint density at radius 3 is 2.77 bits per heavy atom. The fraction of sp³-hybridized carbons (Fsp3) is 0.405. The van der Waals surface area contributed by atoms with E-state index in [0.717, 1.165) is 58.7 Å². The molecule has 2 aromatic carbocycles. The molecule has 47 heavy (non-hydrogen) atoms. The molecule has 3 atom stereocenters. The van der Waals surface area contributed by atoms with Crippen LogP contribution in [-0.2, 0) is 34.5 Å². The number of nitrogens with two attached hydrogens (primary N) is 1. The lowest BCUT2D eigenvalue weighted by atomic mass is 9.89. The number of carbonyl (C=O) groups is 1. The first-order chi connectivity index (χ1) is 22.7. The highest BCUT2D eigenvalue weighted by atomic mass is 16.5. The molecule has 0 aliphatic carbocycles. The Kier molecular flexibility index (Phi) is 8.20. The number of hydrogen-bond acceptors (Lipinski definition) is 7. The molecule has 1 fully saturated rings. The van der Waals surface area contributed by atoms with Crippen molar-refractivity contribution in [3.05, 3.63) is 89.5 Å². The van der Waals surface area contributed by atoms with E-state index in [2.05, 4.69) is 89.6 Å². The van der Waals surface area contributed by atoms with Crippen molar-refractivity contribution >= 4 is 16.8 Å². The Morgan fingerprint density at radius 2 is 1.96 bits per heavy atom. The van der Waals surface area contributed by atoms with E-state index < -0.39 is 11.6 Å². The topological polar surface area (TPSA) is 116 Å². The van der Waals surface area contributed by atoms with Gasteiger partial charge in [-0.05, 0) is 99.9 Å². The van der Waals surface area contributed by atoms with Crippen LogP contribution in [0, 0.1) is 0 Å². The van der Waals surface area contributed by atoms with Gasteiger partial charge in [0.2, 0.25) is 0 Å². The number of carbonyl (C=O) groups excluding carboxylic acids is 1. The van der Waals surface area contributed by atoms with Crippen molar-refractivity contribution in [3.63, 3.8) is 0 Å². The first-order valence-electron chi connectivity index (χ1n) is 16.7. The number of amides is 1. The summed E-state index contributed by atoms with van der Waals surface area (Å²) in [6, 6.07) is 18.5. The average molecular weight is 633 g/mol. The maximum Gasteiger partial charge on any atom is 0.253 e. The number of ether oxygens (including phenoxy) is 1. The highest BCUT2D eigenvalue weighted by Crippen LogP contribution is 2.41. The lowest BCUT2D eigenvalue weighted by molar-refractivity contribution is -0.138. The molecule has 7 rings (SSSR count). The molecule has 0 spiro atoms. The van der Waals surface area contributed by atoms with Crippen molar-refractivity contribution in [3.8, 4) is 22.4 Å². The zero-order valence-corrected chi connectivity index (χ0v) is 27.9. The maximum atomic E-state index is 13.5. The van der Waals surface area contributed by atoms with Gasteiger partial charge in [0.15, 0.2) is 0 Å². The fourth-order valence-electron chi connectivity index (χ4n) is 7.30. The quantitative estimate of drug-likeness (QED) is 0.260. The second kappa shape index (κ2) is 12.3. The third-order valence-electron chi connectivity index (χ3n) is 9.90. The van der Waals surface area contributed by atoms with E-state index in [1.54, 1.807) is 12.1 Å². The molecule has 2 aliphatic heterocycles. The second-order valence-electron chi connectivity index (χ2n) is 13.5. The predicted octanol–water partition coefficient (Wildman–Crippen LogP) is 5.72. The van der Waals surface area contributed by atoms with Crippen LogP contribution in [-0.4, -0.2) is 55.2 Å². The van der Waals surface area contributed by atoms with Crippen LogP contribution in [0.4, 0.5) is 0 Å². The first kappa shape index (κ1) is 31.2. The monoisotopic (exact) mass is 632 g/mol. The van der Waals surface area contributed by atoms with E-state index in [1.807, 2.05) is 30.1 Å². The number of nitrogens with one attached hydrogen (secondary N) is 1. The molecular formula is C37H44N8O2. The molecule has 5 heterocycles. The molecule has 5 aromatic rings. The number of methoxy groups -OCH3 is 1. The smallest absolute Gasteiger partial charge is 0.253 e. The SMILES string of the molecule is CCn1c(-c2cccnc2[C@H](C)OC)c2c3cc(ccc31)-c1cccc(c1)C[C@H](N)C(=O)N1CCC[C@H](N1)c1cn(nn1)C(C)(C)C2. The Labute approximate surface area is 275 Å². The van der Waals surface area contributed by atoms with Crippen LogP contribution in [0.2, 0.25) is 0 Å². The van der Waals surface area contributed by atoms with Crippen molar-refractivity contribution < 1.29 is 9.53 Å². The number of hydrazine groups is 1. The van der Waals surface area contributed by atoms with Crippen LogP contribution < -0.4 is 11.2 Å². The van der Waals surface area contributed by atoms with Gasteiger partial charge in [-0.2, -0.15) is 0 Å². The lowest BCUT2D eigenvalue weighted by Crippen LogP contribution is -2.54. The van der Waals surface area contributed by atoms with E-state index in [4.69, 9.17) is 15.5 Å². The van der Waals surface area contributed by atoms with Crippen LogP contribution >= 0.6 is 0 Å². The van der Waals surface area contributed by atoms with Gasteiger partial charge in [0.25, 0.3) is 5.91 Å². The fourth-order valence-corrected chi connectivity index (χ4v) is 7.30. The van der Waals surface area contributed by atoms with Gasteiger partial charge >= 0.3 is 0 Å². The normalized spacial score (nSPS) is 20.3. The van der Waals surface area contributed by atoms with E-state index in [1.165, 1.54) is 16.5 Å². The number of nitrogens with zero attached hydrogens (tertiary/aromatic N) is 6. The van der Waals surface area contributed by atoms with Gasteiger partial charge in [-0.1, -0.05) is 35.5 Å². The summed E-state index contributed by atoms with van der Waals surface area (Å²) in [7, 11) is 1.73. The van der Waals surface area contributed by atoms with Gasteiger partial charge in [0.1, 0.15) is 5.69 Å². The van der Waals surface area contributed by atoms with Gasteiger partial charge in [0, 0.05) is 42.9 Å². The first-order valence-corrected chi connectivity index (χ1v) is 16.7. The van der Waals surface area contributed by atoms with Gasteiger partial charge < -0.3 is 15.0 Å². The van der Waals surface area contributed by atoms with Crippen molar-refractivity contribution in [2.75, 3.05) is 13.7 Å². The number of rotatable bonds is 4. The predicted molar refractivity (Wildman–Crippen MR) is 183 cm³/mol. The number of pyridine rings is 1. The molecule has 0 saturated carbocycles. The highest BCUT2D eigenvalue weighted by Gasteiger charge is 2.33. The summed E-state index contributed by atoms with van der Waals surface area (Å²) in [6.07, 6.45) is 6.57. The molecule has 10 nitrogen and oxygen atoms in total. The summed E-state index contributed by atoms with van der Waals surface area (Å²) < 4.78 is 10.2. The second-order valence-corrected chi connectivity index (χ2v) is 13.5. The molecule has 3 N–H and O–H groups in total. The molecular weight excluding hydrogens is 588 g/mol. The maximum absolute atomic E-state index is 13.5. The van der Waals surface area contributed by atoms with Gasteiger partial charge in [-0.3, -0.25) is 14.8 Å². The summed E-state index contributed by atoms with van der Waals surface area (Å²) in [5.74, 6) is -0.106. The van der Waals surface area contributed by atoms with E-state index in [-0.39, 0.29) is 18.1 Å². The molecule has 1 amide bonds. The Bertz CT molecular complexity index is 1940. The van der Waals surface area contributed by atoms with Crippen LogP contribution in [0.15, 0.2) is 67.0 Å². The summed E-state index contributed by atoms with van der Waals surface area (Å²) >= 11 is 0. The highest BCUT2D eigenvalue weighted by molar-refractivity contribution is 5.95. The molecule has 0 unspecified atom stereocenters. The van der Waals surface area contributed by atoms with Crippen LogP contribution in [0.1, 0.15) is 75.2 Å². The average Bonchev–Trinajstić information content (AvgIpc) is 3.71. The number of fused-ring (bicyclic) bond motifs is 9. The van der Waals surface area contributed by atoms with Crippen molar-refractivity contribution in [1.29, 1.82) is 0 Å². The van der Waals surface area contributed by atoms with E-state index >= 15 is 0 Å². The van der Waals surface area contributed by atoms with Crippen molar-refractivity contribution in [2.24, 2.45) is 5.73 Å². The summed E-state index contributed by atoms with van der Waals surface area (Å²) in [5, 5.41) is 12.2. The third kappa shape index (κ3) is 5.64. The summed E-state index contributed by atoms with van der Waals surface area (Å²) in [4.78, 5) is 18.3. The zero-order valence-electron chi connectivity index (χ0n) is 27.9. The minimum absolute atomic E-state index is 0.106. The molecule has 8 bridgehead atoms. The molecule has 244 valence electrons.